The van der Waals surface area contributed by atoms with Crippen LogP contribution in [-0.4, -0.2) is 15.9 Å². The Kier molecular flexibility index (Phi) is 5.77. The summed E-state index contributed by atoms with van der Waals surface area (Å²) in [6.07, 6.45) is 17.4. The first kappa shape index (κ1) is 33.5. The molecule has 8 fully saturated rings. The van der Waals surface area contributed by atoms with E-state index in [1.54, 1.807) is 16.5 Å². The average molecular weight is 801 g/mol. The quantitative estimate of drug-likeness (QED) is 0.154. The number of hydrogen-bond donors (Lipinski definition) is 0. The number of fused-ring (bicyclic) bond motifs is 14. The highest BCUT2D eigenvalue weighted by molar-refractivity contribution is 6.90. The van der Waals surface area contributed by atoms with Crippen LogP contribution in [0.5, 0.6) is 0 Å². The molecule has 0 amide bonds. The van der Waals surface area contributed by atoms with Gasteiger partial charge in [-0.3, -0.25) is 0 Å². The van der Waals surface area contributed by atoms with E-state index < -0.39 is 0 Å². The minimum Gasteiger partial charge on any atom is -0.375 e. The van der Waals surface area contributed by atoms with Gasteiger partial charge in [0.1, 0.15) is 0 Å². The lowest BCUT2D eigenvalue weighted by Gasteiger charge is -2.57. The molecule has 2 aliphatic heterocycles. The first-order chi connectivity index (χ1) is 30.3. The Bertz CT molecular complexity index is 3350. The van der Waals surface area contributed by atoms with E-state index in [0.29, 0.717) is 10.8 Å². The third kappa shape index (κ3) is 3.78. The van der Waals surface area contributed by atoms with Crippen LogP contribution in [0.2, 0.25) is 0 Å². The first-order valence-electron chi connectivity index (χ1n) is 24.8. The molecule has 62 heavy (non-hydrogen) atoms. The van der Waals surface area contributed by atoms with Gasteiger partial charge in [-0.1, -0.05) is 86.6 Å². The van der Waals surface area contributed by atoms with Gasteiger partial charge in [-0.2, -0.15) is 0 Å². The van der Waals surface area contributed by atoms with Crippen LogP contribution < -0.4 is 10.9 Å². The van der Waals surface area contributed by atoms with E-state index in [-0.39, 0.29) is 12.3 Å². The summed E-state index contributed by atoms with van der Waals surface area (Å²) in [5, 5.41) is 7.25. The highest BCUT2D eigenvalue weighted by Gasteiger charge is 2.54. The topological polar surface area (TPSA) is 9.86 Å². The van der Waals surface area contributed by atoms with Crippen molar-refractivity contribution in [2.24, 2.45) is 35.5 Å². The maximum Gasteiger partial charge on any atom is 0.333 e. The second-order valence-electron chi connectivity index (χ2n) is 23.7. The molecule has 2 nitrogen and oxygen atoms in total. The van der Waals surface area contributed by atoms with Gasteiger partial charge < -0.3 is 9.05 Å². The number of para-hydroxylation sites is 1. The normalized spacial score (nSPS) is 31.8. The molecule has 19 rings (SSSR count). The third-order valence-corrected chi connectivity index (χ3v) is 20.1. The van der Waals surface area contributed by atoms with Gasteiger partial charge in [-0.25, -0.2) is 0 Å². The molecule has 0 unspecified atom stereocenters. The van der Waals surface area contributed by atoms with Crippen LogP contribution in [0, 0.1) is 35.5 Å². The molecule has 9 aliphatic carbocycles. The van der Waals surface area contributed by atoms with Crippen LogP contribution in [0.1, 0.15) is 113 Å². The van der Waals surface area contributed by atoms with Crippen LogP contribution in [0.3, 0.4) is 0 Å². The van der Waals surface area contributed by atoms with Gasteiger partial charge in [0.25, 0.3) is 0 Å². The van der Waals surface area contributed by atoms with E-state index in [9.17, 15) is 0 Å². The van der Waals surface area contributed by atoms with Gasteiger partial charge in [0, 0.05) is 49.1 Å². The van der Waals surface area contributed by atoms with Crippen molar-refractivity contribution in [2.75, 3.05) is 0 Å². The van der Waals surface area contributed by atoms with Crippen LogP contribution in [0.4, 0.5) is 0 Å². The molecule has 0 atom stereocenters. The van der Waals surface area contributed by atoms with Crippen molar-refractivity contribution >= 4 is 61.3 Å². The maximum atomic E-state index is 2.89. The summed E-state index contributed by atoms with van der Waals surface area (Å²) in [5.74, 6) is 5.56. The van der Waals surface area contributed by atoms with E-state index in [2.05, 4.69) is 126 Å². The summed E-state index contributed by atoms with van der Waals surface area (Å²) in [4.78, 5) is 0. The summed E-state index contributed by atoms with van der Waals surface area (Å²) < 4.78 is 5.68. The van der Waals surface area contributed by atoms with E-state index in [0.717, 1.165) is 35.5 Å². The monoisotopic (exact) mass is 800 g/mol. The molecule has 8 aromatic rings. The SMILES string of the molecule is CC1(C)c2ccccc2-c2c1c1cccc3c1n2-c1c2c(cc4ccccc14)-c1cc(C45CC6CC(CC(C6)C4)C5)cc4c5cc(C67CC8CC(CC(C8)C6)C7)ccc5n(c14)B23. The number of aromatic nitrogens is 2. The van der Waals surface area contributed by atoms with Crippen LogP contribution in [0.25, 0.3) is 71.6 Å². The largest absolute Gasteiger partial charge is 0.375 e. The van der Waals surface area contributed by atoms with Gasteiger partial charge in [-0.15, -0.1) is 0 Å². The molecule has 0 spiro atoms. The van der Waals surface area contributed by atoms with E-state index in [4.69, 9.17) is 0 Å². The van der Waals surface area contributed by atoms with Crippen molar-refractivity contribution in [3.05, 3.63) is 125 Å². The van der Waals surface area contributed by atoms with E-state index in [1.807, 2.05) is 0 Å². The van der Waals surface area contributed by atoms with Crippen molar-refractivity contribution < 1.29 is 0 Å². The predicted molar refractivity (Wildman–Crippen MR) is 257 cm³/mol. The lowest BCUT2D eigenvalue weighted by atomic mass is 9.45. The van der Waals surface area contributed by atoms with Gasteiger partial charge in [0.05, 0.1) is 16.9 Å². The zero-order valence-electron chi connectivity index (χ0n) is 36.2. The van der Waals surface area contributed by atoms with Crippen molar-refractivity contribution in [3.8, 4) is 28.1 Å². The van der Waals surface area contributed by atoms with Gasteiger partial charge in [0.2, 0.25) is 0 Å². The van der Waals surface area contributed by atoms with Crippen molar-refractivity contribution in [3.63, 3.8) is 0 Å². The molecule has 4 heterocycles. The van der Waals surface area contributed by atoms with Gasteiger partial charge >= 0.3 is 6.85 Å². The van der Waals surface area contributed by atoms with Crippen molar-refractivity contribution in [1.29, 1.82) is 0 Å². The number of rotatable bonds is 2. The van der Waals surface area contributed by atoms with Crippen LogP contribution in [0.15, 0.2) is 103 Å². The Morgan fingerprint density at radius 2 is 1.15 bits per heavy atom. The highest BCUT2D eigenvalue weighted by Crippen LogP contribution is 2.64. The van der Waals surface area contributed by atoms with Crippen molar-refractivity contribution in [1.82, 2.24) is 9.05 Å². The summed E-state index contributed by atoms with van der Waals surface area (Å²) in [6, 6.07) is 42.4. The Morgan fingerprint density at radius 1 is 0.516 bits per heavy atom. The molecule has 11 aliphatic rings. The zero-order chi connectivity index (χ0) is 40.2. The molecule has 0 radical (unpaired) electrons. The van der Waals surface area contributed by atoms with Crippen molar-refractivity contribution in [2.45, 2.75) is 107 Å². The molecule has 3 heteroatoms. The zero-order valence-corrected chi connectivity index (χ0v) is 36.2. The minimum atomic E-state index is -0.0988. The standard InChI is InChI=1S/C59H53BN2/c1-57(2)48-12-6-5-10-42(48)55-51(57)43-11-7-13-49-54(43)61(55)56-41-9-4-3-8-38(41)22-45-47-25-40(59-29-35-19-36(30-59)21-37(20-35)31-59)24-46-44-23-39(14-15-50(44)62(53(46)47)60(49)52(45)56)58-26-32-16-33(27-58)18-34(17-32)28-58/h3-15,22-25,32-37H,16-21,26-31H2,1-2H3. The molecular formula is C59H53BN2. The fourth-order valence-electron chi connectivity index (χ4n) is 18.8. The minimum absolute atomic E-state index is 0.0949. The second kappa shape index (κ2) is 10.7. The number of nitrogens with zero attached hydrogens (tertiary/aromatic N) is 2. The Morgan fingerprint density at radius 3 is 1.87 bits per heavy atom. The lowest BCUT2D eigenvalue weighted by Crippen LogP contribution is -2.55. The molecule has 0 saturated heterocycles. The summed E-state index contributed by atoms with van der Waals surface area (Å²) >= 11 is 0. The van der Waals surface area contributed by atoms with E-state index >= 15 is 0 Å². The predicted octanol–water partition coefficient (Wildman–Crippen LogP) is 13.1. The third-order valence-electron chi connectivity index (χ3n) is 20.1. The molecule has 8 saturated carbocycles. The fourth-order valence-corrected chi connectivity index (χ4v) is 18.8. The van der Waals surface area contributed by atoms with E-state index in [1.165, 1.54) is 165 Å². The number of benzene rings is 6. The molecule has 8 bridgehead atoms. The summed E-state index contributed by atoms with van der Waals surface area (Å²) in [5.41, 5.74) is 21.5. The smallest absolute Gasteiger partial charge is 0.333 e. The first-order valence-corrected chi connectivity index (χ1v) is 24.8. The molecule has 302 valence electrons. The van der Waals surface area contributed by atoms with Crippen LogP contribution >= 0.6 is 0 Å². The highest BCUT2D eigenvalue weighted by atomic mass is 15.0. The Balaban J connectivity index is 1.02. The molecule has 6 aromatic carbocycles. The molecule has 2 aromatic heterocycles. The van der Waals surface area contributed by atoms with Gasteiger partial charge in [-0.05, 0) is 198 Å². The maximum absolute atomic E-state index is 2.89. The molecular weight excluding hydrogens is 747 g/mol. The number of hydrogen-bond acceptors (Lipinski definition) is 0. The summed E-state index contributed by atoms with van der Waals surface area (Å²) in [6.45, 7) is 5.05. The second-order valence-corrected chi connectivity index (χ2v) is 23.7. The van der Waals surface area contributed by atoms with Crippen LogP contribution in [-0.2, 0) is 16.2 Å². The Hall–Kier alpha value is -5.02. The Labute approximate surface area is 364 Å². The summed E-state index contributed by atoms with van der Waals surface area (Å²) in [7, 11) is 0. The molecule has 0 N–H and O–H groups in total. The fraction of sp³-hybridized carbons (Fsp3) is 0.390. The van der Waals surface area contributed by atoms with Gasteiger partial charge in [0.15, 0.2) is 0 Å². The average Bonchev–Trinajstić information content (AvgIpc) is 3.87. The lowest BCUT2D eigenvalue weighted by molar-refractivity contribution is -0.00527.